The maximum atomic E-state index is 6.12. The summed E-state index contributed by atoms with van der Waals surface area (Å²) in [6.07, 6.45) is 0. The van der Waals surface area contributed by atoms with Crippen LogP contribution in [0, 0.1) is 13.8 Å². The van der Waals surface area contributed by atoms with Crippen LogP contribution in [0.1, 0.15) is 17.0 Å². The maximum Gasteiger partial charge on any atom is 0.138 e. The summed E-state index contributed by atoms with van der Waals surface area (Å²) >= 11 is 9.63. The maximum absolute atomic E-state index is 6.12. The molecule has 0 amide bonds. The third kappa shape index (κ3) is 2.70. The molecule has 0 aliphatic rings. The van der Waals surface area contributed by atoms with Crippen molar-refractivity contribution in [2.24, 2.45) is 7.05 Å². The van der Waals surface area contributed by atoms with Gasteiger partial charge in [0.05, 0.1) is 20.9 Å². The summed E-state index contributed by atoms with van der Waals surface area (Å²) in [7, 11) is 1.90. The van der Waals surface area contributed by atoms with E-state index in [0.29, 0.717) is 17.4 Å². The first kappa shape index (κ1) is 13.4. The van der Waals surface area contributed by atoms with Gasteiger partial charge in [0.2, 0.25) is 0 Å². The van der Waals surface area contributed by atoms with E-state index in [4.69, 9.17) is 16.3 Å². The van der Waals surface area contributed by atoms with Gasteiger partial charge in [-0.3, -0.25) is 4.68 Å². The molecule has 0 N–H and O–H groups in total. The van der Waals surface area contributed by atoms with E-state index in [-0.39, 0.29) is 0 Å². The Bertz CT molecular complexity index is 581. The van der Waals surface area contributed by atoms with E-state index in [0.717, 1.165) is 21.4 Å². The van der Waals surface area contributed by atoms with Crippen LogP contribution in [0.3, 0.4) is 0 Å². The normalized spacial score (nSPS) is 10.7. The van der Waals surface area contributed by atoms with Gasteiger partial charge < -0.3 is 4.74 Å². The molecule has 1 heterocycles. The fourth-order valence-electron chi connectivity index (χ4n) is 1.71. The van der Waals surface area contributed by atoms with Gasteiger partial charge in [-0.15, -0.1) is 0 Å². The number of rotatable bonds is 3. The molecule has 96 valence electrons. The molecule has 0 aliphatic heterocycles. The lowest BCUT2D eigenvalue weighted by Crippen LogP contribution is -2.04. The van der Waals surface area contributed by atoms with Gasteiger partial charge in [0.25, 0.3) is 0 Å². The molecule has 18 heavy (non-hydrogen) atoms. The molecule has 0 aliphatic carbocycles. The van der Waals surface area contributed by atoms with Crippen LogP contribution in [-0.2, 0) is 13.7 Å². The first-order chi connectivity index (χ1) is 8.49. The minimum absolute atomic E-state index is 0.431. The number of aromatic nitrogens is 2. The zero-order chi connectivity index (χ0) is 13.3. The van der Waals surface area contributed by atoms with E-state index in [1.54, 1.807) is 0 Å². The van der Waals surface area contributed by atoms with Gasteiger partial charge in [0, 0.05) is 7.05 Å². The molecule has 0 fully saturated rings. The first-order valence-corrected chi connectivity index (χ1v) is 6.73. The van der Waals surface area contributed by atoms with Crippen LogP contribution in [0.5, 0.6) is 5.75 Å². The van der Waals surface area contributed by atoms with Crippen LogP contribution < -0.4 is 4.74 Å². The highest BCUT2D eigenvalue weighted by Gasteiger charge is 2.11. The van der Waals surface area contributed by atoms with Crippen LogP contribution in [0.4, 0.5) is 0 Å². The Kier molecular flexibility index (Phi) is 3.97. The average molecular weight is 330 g/mol. The van der Waals surface area contributed by atoms with Crippen molar-refractivity contribution in [2.45, 2.75) is 20.5 Å². The predicted octanol–water partition coefficient (Wildman–Crippen LogP) is 4.03. The number of ether oxygens (including phenoxy) is 1. The van der Waals surface area contributed by atoms with Crippen molar-refractivity contribution in [3.05, 3.63) is 44.6 Å². The predicted molar refractivity (Wildman–Crippen MR) is 76.2 cm³/mol. The summed E-state index contributed by atoms with van der Waals surface area (Å²) < 4.78 is 8.52. The zero-order valence-electron chi connectivity index (χ0n) is 10.5. The van der Waals surface area contributed by atoms with E-state index in [9.17, 15) is 0 Å². The summed E-state index contributed by atoms with van der Waals surface area (Å²) in [6.45, 7) is 4.38. The van der Waals surface area contributed by atoms with Crippen molar-refractivity contribution in [1.29, 1.82) is 0 Å². The topological polar surface area (TPSA) is 27.1 Å². The molecule has 0 bridgehead atoms. The highest BCUT2D eigenvalue weighted by atomic mass is 79.9. The summed E-state index contributed by atoms with van der Waals surface area (Å²) in [5.41, 5.74) is 3.06. The lowest BCUT2D eigenvalue weighted by atomic mass is 10.2. The van der Waals surface area contributed by atoms with Crippen LogP contribution >= 0.6 is 27.5 Å². The van der Waals surface area contributed by atoms with Gasteiger partial charge >= 0.3 is 0 Å². The van der Waals surface area contributed by atoms with Crippen molar-refractivity contribution in [2.75, 3.05) is 0 Å². The van der Waals surface area contributed by atoms with E-state index in [2.05, 4.69) is 21.0 Å². The summed E-state index contributed by atoms with van der Waals surface area (Å²) in [5, 5.41) is 4.95. The Balaban J connectivity index is 2.16. The quantitative estimate of drug-likeness (QED) is 0.850. The zero-order valence-corrected chi connectivity index (χ0v) is 12.8. The van der Waals surface area contributed by atoms with Crippen LogP contribution in [0.2, 0.25) is 5.02 Å². The molecule has 2 aromatic rings. The summed E-state index contributed by atoms with van der Waals surface area (Å²) in [6, 6.07) is 5.75. The van der Waals surface area contributed by atoms with Crippen LogP contribution in [0.15, 0.2) is 22.7 Å². The minimum Gasteiger partial charge on any atom is -0.486 e. The van der Waals surface area contributed by atoms with Gasteiger partial charge in [-0.2, -0.15) is 5.10 Å². The average Bonchev–Trinajstić information content (AvgIpc) is 2.53. The summed E-state index contributed by atoms with van der Waals surface area (Å²) in [4.78, 5) is 0. The fraction of sp³-hybridized carbons (Fsp3) is 0.308. The molecule has 3 nitrogen and oxygen atoms in total. The third-order valence-corrected chi connectivity index (χ3v) is 4.04. The molecule has 0 atom stereocenters. The second-order valence-electron chi connectivity index (χ2n) is 4.19. The van der Waals surface area contributed by atoms with Gasteiger partial charge in [-0.25, -0.2) is 0 Å². The highest BCUT2D eigenvalue weighted by molar-refractivity contribution is 9.10. The Hall–Kier alpha value is -1.00. The molecule has 1 aromatic carbocycles. The number of nitrogens with zero attached hydrogens (tertiary/aromatic N) is 2. The first-order valence-electron chi connectivity index (χ1n) is 5.56. The van der Waals surface area contributed by atoms with E-state index < -0.39 is 0 Å². The van der Waals surface area contributed by atoms with Crippen molar-refractivity contribution < 1.29 is 4.74 Å². The molecule has 0 saturated carbocycles. The van der Waals surface area contributed by atoms with Gasteiger partial charge in [-0.05, 0) is 47.5 Å². The molecule has 0 saturated heterocycles. The largest absolute Gasteiger partial charge is 0.486 e. The number of benzene rings is 1. The number of hydrogen-bond acceptors (Lipinski definition) is 2. The lowest BCUT2D eigenvalue weighted by molar-refractivity contribution is 0.294. The Morgan fingerprint density at radius 1 is 1.39 bits per heavy atom. The molecule has 2 rings (SSSR count). The standard InChI is InChI=1S/C13H14BrClN2O/c1-8-4-5-12(10(15)6-8)18-7-11-13(14)9(2)16-17(11)3/h4-6H,7H2,1-3H3. The number of hydrogen-bond donors (Lipinski definition) is 0. The lowest BCUT2D eigenvalue weighted by Gasteiger charge is -2.09. The Morgan fingerprint density at radius 2 is 2.11 bits per heavy atom. The Labute approximate surface area is 120 Å². The third-order valence-electron chi connectivity index (χ3n) is 2.71. The van der Waals surface area contributed by atoms with Crippen molar-refractivity contribution >= 4 is 27.5 Å². The van der Waals surface area contributed by atoms with Gasteiger partial charge in [0.1, 0.15) is 12.4 Å². The van der Waals surface area contributed by atoms with E-state index >= 15 is 0 Å². The van der Waals surface area contributed by atoms with Crippen molar-refractivity contribution in [1.82, 2.24) is 9.78 Å². The number of halogens is 2. The van der Waals surface area contributed by atoms with Gasteiger partial charge in [0.15, 0.2) is 0 Å². The molecule has 0 spiro atoms. The monoisotopic (exact) mass is 328 g/mol. The van der Waals surface area contributed by atoms with E-state index in [1.165, 1.54) is 0 Å². The molecular weight excluding hydrogens is 316 g/mol. The molecular formula is C13H14BrClN2O. The van der Waals surface area contributed by atoms with Crippen LogP contribution in [-0.4, -0.2) is 9.78 Å². The van der Waals surface area contributed by atoms with E-state index in [1.807, 2.05) is 43.8 Å². The molecule has 0 unspecified atom stereocenters. The minimum atomic E-state index is 0.431. The van der Waals surface area contributed by atoms with Crippen molar-refractivity contribution in [3.8, 4) is 5.75 Å². The Morgan fingerprint density at radius 3 is 2.67 bits per heavy atom. The number of aryl methyl sites for hydroxylation is 3. The second kappa shape index (κ2) is 5.33. The second-order valence-corrected chi connectivity index (χ2v) is 5.39. The fourth-order valence-corrected chi connectivity index (χ4v) is 2.45. The molecule has 5 heteroatoms. The van der Waals surface area contributed by atoms with Crippen molar-refractivity contribution in [3.63, 3.8) is 0 Å². The molecule has 1 aromatic heterocycles. The molecule has 0 radical (unpaired) electrons. The van der Waals surface area contributed by atoms with Gasteiger partial charge in [-0.1, -0.05) is 17.7 Å². The smallest absolute Gasteiger partial charge is 0.138 e. The van der Waals surface area contributed by atoms with Crippen LogP contribution in [0.25, 0.3) is 0 Å². The highest BCUT2D eigenvalue weighted by Crippen LogP contribution is 2.27. The summed E-state index contributed by atoms with van der Waals surface area (Å²) in [5.74, 6) is 0.688. The SMILES string of the molecule is Cc1ccc(OCc2c(Br)c(C)nn2C)c(Cl)c1.